The summed E-state index contributed by atoms with van der Waals surface area (Å²) in [4.78, 5) is 21.6. The van der Waals surface area contributed by atoms with Crippen molar-refractivity contribution in [2.24, 2.45) is 0 Å². The molecule has 0 fully saturated rings. The second kappa shape index (κ2) is 6.52. The lowest BCUT2D eigenvalue weighted by molar-refractivity contribution is -0.182. The Morgan fingerprint density at radius 2 is 1.65 bits per heavy atom. The highest BCUT2D eigenvalue weighted by atomic mass is 16.7. The van der Waals surface area contributed by atoms with Crippen LogP contribution in [0.1, 0.15) is 13.8 Å². The van der Waals surface area contributed by atoms with Crippen molar-refractivity contribution < 1.29 is 19.1 Å². The Hall–Kier alpha value is -2.04. The molecule has 0 radical (unpaired) electrons. The third kappa shape index (κ3) is 5.55. The lowest BCUT2D eigenvalue weighted by Crippen LogP contribution is -2.29. The first kappa shape index (κ1) is 13.0. The molecule has 92 valence electrons. The average Bonchev–Trinajstić information content (AvgIpc) is 2.26. The molecule has 1 N–H and O–H groups in total. The third-order valence-corrected chi connectivity index (χ3v) is 1.84. The zero-order valence-electron chi connectivity index (χ0n) is 9.80. The minimum Gasteiger partial charge on any atom is -0.423 e. The third-order valence-electron chi connectivity index (χ3n) is 1.84. The van der Waals surface area contributed by atoms with Gasteiger partial charge in [-0.05, 0) is 12.1 Å². The number of nitrogens with one attached hydrogen (secondary N) is 1. The summed E-state index contributed by atoms with van der Waals surface area (Å²) in [5.74, 6) is -0.989. The van der Waals surface area contributed by atoms with Crippen LogP contribution in [0.15, 0.2) is 30.3 Å². The van der Waals surface area contributed by atoms with E-state index < -0.39 is 18.2 Å². The maximum Gasteiger partial charge on any atom is 0.305 e. The van der Waals surface area contributed by atoms with Gasteiger partial charge >= 0.3 is 11.9 Å². The number of ether oxygens (including phenoxy) is 2. The van der Waals surface area contributed by atoms with E-state index in [2.05, 4.69) is 5.32 Å². The first-order valence-electron chi connectivity index (χ1n) is 5.21. The van der Waals surface area contributed by atoms with Gasteiger partial charge in [0, 0.05) is 19.5 Å². The van der Waals surface area contributed by atoms with Crippen molar-refractivity contribution in [3.8, 4) is 0 Å². The maximum atomic E-state index is 10.8. The molecule has 0 aliphatic carbocycles. The molecule has 0 bridgehead atoms. The smallest absolute Gasteiger partial charge is 0.305 e. The largest absolute Gasteiger partial charge is 0.423 e. The molecule has 17 heavy (non-hydrogen) atoms. The van der Waals surface area contributed by atoms with Crippen LogP contribution in [0.25, 0.3) is 0 Å². The van der Waals surface area contributed by atoms with Gasteiger partial charge in [0.05, 0.1) is 6.54 Å². The number of hydrogen-bond acceptors (Lipinski definition) is 5. The van der Waals surface area contributed by atoms with Gasteiger partial charge in [0.25, 0.3) is 6.29 Å². The van der Waals surface area contributed by atoms with Gasteiger partial charge in [-0.2, -0.15) is 0 Å². The second-order valence-electron chi connectivity index (χ2n) is 3.40. The van der Waals surface area contributed by atoms with Gasteiger partial charge < -0.3 is 14.8 Å². The summed E-state index contributed by atoms with van der Waals surface area (Å²) in [6.07, 6.45) is -0.912. The van der Waals surface area contributed by atoms with E-state index in [1.807, 2.05) is 30.3 Å². The molecule has 0 aliphatic rings. The van der Waals surface area contributed by atoms with Crippen molar-refractivity contribution >= 4 is 17.6 Å². The highest BCUT2D eigenvalue weighted by Crippen LogP contribution is 2.06. The van der Waals surface area contributed by atoms with Gasteiger partial charge in [0.2, 0.25) is 0 Å². The normalized spacial score (nSPS) is 9.82. The fourth-order valence-electron chi connectivity index (χ4n) is 1.23. The van der Waals surface area contributed by atoms with E-state index >= 15 is 0 Å². The van der Waals surface area contributed by atoms with Crippen LogP contribution in [0.4, 0.5) is 5.69 Å². The Kier molecular flexibility index (Phi) is 5.00. The molecule has 0 spiro atoms. The summed E-state index contributed by atoms with van der Waals surface area (Å²) in [6, 6.07) is 9.35. The van der Waals surface area contributed by atoms with Gasteiger partial charge in [-0.25, -0.2) is 0 Å². The van der Waals surface area contributed by atoms with Crippen molar-refractivity contribution in [3.05, 3.63) is 30.3 Å². The van der Waals surface area contributed by atoms with E-state index in [0.717, 1.165) is 5.69 Å². The van der Waals surface area contributed by atoms with E-state index in [0.29, 0.717) is 0 Å². The van der Waals surface area contributed by atoms with Crippen molar-refractivity contribution in [1.29, 1.82) is 0 Å². The van der Waals surface area contributed by atoms with E-state index in [-0.39, 0.29) is 6.54 Å². The van der Waals surface area contributed by atoms with E-state index in [9.17, 15) is 9.59 Å². The summed E-state index contributed by atoms with van der Waals surface area (Å²) in [5.41, 5.74) is 0.858. The molecule has 0 atom stereocenters. The highest BCUT2D eigenvalue weighted by Gasteiger charge is 2.14. The Balaban J connectivity index is 2.48. The maximum absolute atomic E-state index is 10.8. The summed E-state index contributed by atoms with van der Waals surface area (Å²) in [5, 5.41) is 3.00. The quantitative estimate of drug-likeness (QED) is 0.621. The van der Waals surface area contributed by atoms with Crippen molar-refractivity contribution in [2.75, 3.05) is 11.9 Å². The van der Waals surface area contributed by atoms with Crippen LogP contribution >= 0.6 is 0 Å². The monoisotopic (exact) mass is 237 g/mol. The van der Waals surface area contributed by atoms with Crippen LogP contribution in [0.5, 0.6) is 0 Å². The van der Waals surface area contributed by atoms with Crippen LogP contribution in [0.2, 0.25) is 0 Å². The standard InChI is InChI=1S/C12H15NO4/c1-9(14)16-12(17-10(2)15)8-13-11-6-4-3-5-7-11/h3-7,12-13H,8H2,1-2H3. The SMILES string of the molecule is CC(=O)OC(CNc1ccccc1)OC(C)=O. The first-order chi connectivity index (χ1) is 8.08. The fourth-order valence-corrected chi connectivity index (χ4v) is 1.23. The molecule has 0 aromatic heterocycles. The van der Waals surface area contributed by atoms with E-state index in [4.69, 9.17) is 9.47 Å². The molecule has 5 heteroatoms. The molecular formula is C12H15NO4. The predicted molar refractivity (Wildman–Crippen MR) is 62.3 cm³/mol. The molecule has 1 aromatic carbocycles. The summed E-state index contributed by atoms with van der Waals surface area (Å²) >= 11 is 0. The topological polar surface area (TPSA) is 64.6 Å². The molecule has 5 nitrogen and oxygen atoms in total. The summed E-state index contributed by atoms with van der Waals surface area (Å²) < 4.78 is 9.68. The van der Waals surface area contributed by atoms with Crippen molar-refractivity contribution in [2.45, 2.75) is 20.1 Å². The van der Waals surface area contributed by atoms with Crippen molar-refractivity contribution in [3.63, 3.8) is 0 Å². The lowest BCUT2D eigenvalue weighted by atomic mass is 10.3. The minimum absolute atomic E-state index is 0.211. The zero-order valence-corrected chi connectivity index (χ0v) is 9.80. The van der Waals surface area contributed by atoms with Crippen LogP contribution in [-0.2, 0) is 19.1 Å². The molecule has 0 saturated heterocycles. The number of benzene rings is 1. The molecule has 0 saturated carbocycles. The molecule has 0 unspecified atom stereocenters. The highest BCUT2D eigenvalue weighted by molar-refractivity contribution is 5.68. The Bertz CT molecular complexity index is 361. The van der Waals surface area contributed by atoms with Crippen molar-refractivity contribution in [1.82, 2.24) is 0 Å². The fraction of sp³-hybridized carbons (Fsp3) is 0.333. The van der Waals surface area contributed by atoms with Gasteiger partial charge in [-0.3, -0.25) is 9.59 Å². The molecule has 0 aliphatic heterocycles. The molecule has 0 heterocycles. The van der Waals surface area contributed by atoms with Crippen LogP contribution in [0.3, 0.4) is 0 Å². The van der Waals surface area contributed by atoms with Gasteiger partial charge in [-0.15, -0.1) is 0 Å². The molecule has 1 rings (SSSR count). The second-order valence-corrected chi connectivity index (χ2v) is 3.40. The Morgan fingerprint density at radius 1 is 1.12 bits per heavy atom. The molecule has 1 aromatic rings. The van der Waals surface area contributed by atoms with Crippen LogP contribution in [0, 0.1) is 0 Å². The lowest BCUT2D eigenvalue weighted by Gasteiger charge is -2.17. The van der Waals surface area contributed by atoms with E-state index in [1.165, 1.54) is 13.8 Å². The minimum atomic E-state index is -0.912. The zero-order chi connectivity index (χ0) is 12.7. The average molecular weight is 237 g/mol. The first-order valence-corrected chi connectivity index (χ1v) is 5.21. The molecule has 0 amide bonds. The number of rotatable bonds is 5. The number of anilines is 1. The summed E-state index contributed by atoms with van der Waals surface area (Å²) in [6.45, 7) is 2.74. The van der Waals surface area contributed by atoms with Gasteiger partial charge in [-0.1, -0.05) is 18.2 Å². The van der Waals surface area contributed by atoms with Gasteiger partial charge in [0.1, 0.15) is 0 Å². The Labute approximate surface area is 99.7 Å². The number of esters is 2. The van der Waals surface area contributed by atoms with Crippen LogP contribution < -0.4 is 5.32 Å². The molecular weight excluding hydrogens is 222 g/mol. The Morgan fingerprint density at radius 3 is 2.12 bits per heavy atom. The number of hydrogen-bond donors (Lipinski definition) is 1. The van der Waals surface area contributed by atoms with Crippen LogP contribution in [-0.4, -0.2) is 24.8 Å². The van der Waals surface area contributed by atoms with E-state index in [1.54, 1.807) is 0 Å². The predicted octanol–water partition coefficient (Wildman–Crippen LogP) is 1.55. The summed E-state index contributed by atoms with van der Waals surface area (Å²) in [7, 11) is 0. The number of carbonyl (C=O) groups is 2. The number of para-hydroxylation sites is 1. The van der Waals surface area contributed by atoms with Gasteiger partial charge in [0.15, 0.2) is 0 Å². The number of carbonyl (C=O) groups excluding carboxylic acids is 2.